The number of para-hydroxylation sites is 1. The van der Waals surface area contributed by atoms with Crippen molar-refractivity contribution in [2.24, 2.45) is 0 Å². The molecular formula is C21H24N4O4. The van der Waals surface area contributed by atoms with Crippen molar-refractivity contribution in [1.82, 2.24) is 4.90 Å². The molecule has 0 spiro atoms. The molecule has 152 valence electrons. The fourth-order valence-electron chi connectivity index (χ4n) is 3.35. The number of amides is 2. The fourth-order valence-corrected chi connectivity index (χ4v) is 3.35. The summed E-state index contributed by atoms with van der Waals surface area (Å²) >= 11 is 0. The molecular weight excluding hydrogens is 372 g/mol. The van der Waals surface area contributed by atoms with E-state index >= 15 is 0 Å². The molecule has 0 radical (unpaired) electrons. The number of piperazine rings is 1. The van der Waals surface area contributed by atoms with Gasteiger partial charge in [-0.05, 0) is 12.1 Å². The first-order chi connectivity index (χ1) is 14.1. The first-order valence-corrected chi connectivity index (χ1v) is 9.21. The van der Waals surface area contributed by atoms with Crippen LogP contribution in [-0.4, -0.2) is 58.4 Å². The molecule has 1 saturated heterocycles. The van der Waals surface area contributed by atoms with E-state index < -0.39 is 0 Å². The summed E-state index contributed by atoms with van der Waals surface area (Å²) in [6.45, 7) is 2.41. The predicted molar refractivity (Wildman–Crippen MR) is 110 cm³/mol. The number of methoxy groups -OCH3 is 3. The zero-order chi connectivity index (χ0) is 20.8. The summed E-state index contributed by atoms with van der Waals surface area (Å²) in [6, 6.07) is 12.9. The van der Waals surface area contributed by atoms with Crippen molar-refractivity contribution in [3.05, 3.63) is 42.0 Å². The number of benzene rings is 2. The Morgan fingerprint density at radius 3 is 2.17 bits per heavy atom. The first kappa shape index (κ1) is 20.1. The Bertz CT molecular complexity index is 892. The van der Waals surface area contributed by atoms with E-state index in [-0.39, 0.29) is 6.03 Å². The third-order valence-corrected chi connectivity index (χ3v) is 4.85. The standard InChI is InChI=1S/C21H24N4O4/c1-27-18-12-16(13-19(28-2)20(18)29-3)23-21(26)25-10-8-24(9-11-25)17-7-5-4-6-15(17)14-22/h4-7,12-13H,8-11H2,1-3H3,(H,23,26). The molecule has 0 bridgehead atoms. The van der Waals surface area contributed by atoms with Crippen LogP contribution in [0.5, 0.6) is 17.2 Å². The molecule has 0 aromatic heterocycles. The number of hydrogen-bond acceptors (Lipinski definition) is 6. The number of anilines is 2. The van der Waals surface area contributed by atoms with E-state index in [9.17, 15) is 10.1 Å². The van der Waals surface area contributed by atoms with Crippen LogP contribution in [0.2, 0.25) is 0 Å². The lowest BCUT2D eigenvalue weighted by atomic mass is 10.1. The molecule has 0 unspecified atom stereocenters. The molecule has 1 fully saturated rings. The van der Waals surface area contributed by atoms with Crippen LogP contribution in [0.1, 0.15) is 5.56 Å². The summed E-state index contributed by atoms with van der Waals surface area (Å²) in [5, 5.41) is 12.2. The lowest BCUT2D eigenvalue weighted by molar-refractivity contribution is 0.208. The smallest absolute Gasteiger partial charge is 0.321 e. The fraction of sp³-hybridized carbons (Fsp3) is 0.333. The normalized spacial score (nSPS) is 13.4. The van der Waals surface area contributed by atoms with E-state index in [0.717, 1.165) is 5.69 Å². The summed E-state index contributed by atoms with van der Waals surface area (Å²) in [4.78, 5) is 16.6. The zero-order valence-electron chi connectivity index (χ0n) is 16.8. The number of nitrogens with zero attached hydrogens (tertiary/aromatic N) is 3. The highest BCUT2D eigenvalue weighted by atomic mass is 16.5. The molecule has 29 heavy (non-hydrogen) atoms. The zero-order valence-corrected chi connectivity index (χ0v) is 16.8. The van der Waals surface area contributed by atoms with Crippen LogP contribution < -0.4 is 24.4 Å². The van der Waals surface area contributed by atoms with Gasteiger partial charge in [0.05, 0.1) is 38.3 Å². The van der Waals surface area contributed by atoms with Crippen LogP contribution in [0.3, 0.4) is 0 Å². The highest BCUT2D eigenvalue weighted by Crippen LogP contribution is 2.40. The molecule has 1 aliphatic rings. The minimum Gasteiger partial charge on any atom is -0.493 e. The lowest BCUT2D eigenvalue weighted by Gasteiger charge is -2.36. The second kappa shape index (κ2) is 9.06. The molecule has 0 aliphatic carbocycles. The Kier molecular flexibility index (Phi) is 6.29. The summed E-state index contributed by atoms with van der Waals surface area (Å²) in [5.41, 5.74) is 2.10. The number of rotatable bonds is 5. The molecule has 0 saturated carbocycles. The maximum absolute atomic E-state index is 12.7. The number of nitrogens with one attached hydrogen (secondary N) is 1. The number of ether oxygens (including phenoxy) is 3. The van der Waals surface area contributed by atoms with E-state index in [1.54, 1.807) is 23.1 Å². The molecule has 2 amide bonds. The SMILES string of the molecule is COc1cc(NC(=O)N2CCN(c3ccccc3C#N)CC2)cc(OC)c1OC. The molecule has 3 rings (SSSR count). The molecule has 8 heteroatoms. The van der Waals surface area contributed by atoms with E-state index in [1.807, 2.05) is 18.2 Å². The number of carbonyl (C=O) groups is 1. The Morgan fingerprint density at radius 2 is 1.62 bits per heavy atom. The molecule has 8 nitrogen and oxygen atoms in total. The second-order valence-electron chi connectivity index (χ2n) is 6.45. The van der Waals surface area contributed by atoms with Gasteiger partial charge in [-0.3, -0.25) is 0 Å². The maximum Gasteiger partial charge on any atom is 0.321 e. The van der Waals surface area contributed by atoms with Gasteiger partial charge in [0.1, 0.15) is 6.07 Å². The largest absolute Gasteiger partial charge is 0.493 e. The van der Waals surface area contributed by atoms with Crippen molar-refractivity contribution in [2.75, 3.05) is 57.7 Å². The molecule has 0 atom stereocenters. The van der Waals surface area contributed by atoms with Gasteiger partial charge < -0.3 is 29.3 Å². The molecule has 1 N–H and O–H groups in total. The molecule has 2 aromatic rings. The number of nitriles is 1. The summed E-state index contributed by atoms with van der Waals surface area (Å²) < 4.78 is 16.0. The Morgan fingerprint density at radius 1 is 1.00 bits per heavy atom. The van der Waals surface area contributed by atoms with Crippen LogP contribution >= 0.6 is 0 Å². The average molecular weight is 396 g/mol. The van der Waals surface area contributed by atoms with Crippen LogP contribution in [0.15, 0.2) is 36.4 Å². The molecule has 2 aromatic carbocycles. The van der Waals surface area contributed by atoms with Gasteiger partial charge in [0.2, 0.25) is 5.75 Å². The lowest BCUT2D eigenvalue weighted by Crippen LogP contribution is -2.50. The predicted octanol–water partition coefficient (Wildman–Crippen LogP) is 2.94. The average Bonchev–Trinajstić information content (AvgIpc) is 2.78. The summed E-state index contributed by atoms with van der Waals surface area (Å²) in [5.74, 6) is 1.41. The van der Waals surface area contributed by atoms with E-state index in [0.29, 0.717) is 54.7 Å². The van der Waals surface area contributed by atoms with Gasteiger partial charge in [-0.25, -0.2) is 4.79 Å². The van der Waals surface area contributed by atoms with Gasteiger partial charge in [-0.1, -0.05) is 12.1 Å². The number of urea groups is 1. The van der Waals surface area contributed by atoms with Crippen LogP contribution in [0.25, 0.3) is 0 Å². The van der Waals surface area contributed by atoms with E-state index in [4.69, 9.17) is 14.2 Å². The van der Waals surface area contributed by atoms with Crippen molar-refractivity contribution >= 4 is 17.4 Å². The maximum atomic E-state index is 12.7. The quantitative estimate of drug-likeness (QED) is 0.836. The molecule has 1 heterocycles. The van der Waals surface area contributed by atoms with Crippen molar-refractivity contribution in [2.45, 2.75) is 0 Å². The van der Waals surface area contributed by atoms with Gasteiger partial charge in [0.15, 0.2) is 11.5 Å². The highest BCUT2D eigenvalue weighted by Gasteiger charge is 2.23. The second-order valence-corrected chi connectivity index (χ2v) is 6.45. The number of hydrogen-bond donors (Lipinski definition) is 1. The topological polar surface area (TPSA) is 87.1 Å². The summed E-state index contributed by atoms with van der Waals surface area (Å²) in [7, 11) is 4.59. The first-order valence-electron chi connectivity index (χ1n) is 9.21. The van der Waals surface area contributed by atoms with Gasteiger partial charge in [-0.2, -0.15) is 5.26 Å². The van der Waals surface area contributed by atoms with Crippen molar-refractivity contribution in [1.29, 1.82) is 5.26 Å². The van der Waals surface area contributed by atoms with Gasteiger partial charge in [-0.15, -0.1) is 0 Å². The van der Waals surface area contributed by atoms with Crippen LogP contribution in [-0.2, 0) is 0 Å². The van der Waals surface area contributed by atoms with Crippen LogP contribution in [0, 0.1) is 11.3 Å². The Labute approximate surface area is 170 Å². The van der Waals surface area contributed by atoms with Crippen molar-refractivity contribution < 1.29 is 19.0 Å². The third-order valence-electron chi connectivity index (χ3n) is 4.85. The van der Waals surface area contributed by atoms with Gasteiger partial charge in [0.25, 0.3) is 0 Å². The van der Waals surface area contributed by atoms with Crippen molar-refractivity contribution in [3.8, 4) is 23.3 Å². The van der Waals surface area contributed by atoms with Gasteiger partial charge in [0, 0.05) is 38.3 Å². The van der Waals surface area contributed by atoms with E-state index in [2.05, 4.69) is 16.3 Å². The molecule has 1 aliphatic heterocycles. The minimum absolute atomic E-state index is 0.201. The summed E-state index contributed by atoms with van der Waals surface area (Å²) in [6.07, 6.45) is 0. The third kappa shape index (κ3) is 4.29. The highest BCUT2D eigenvalue weighted by molar-refractivity contribution is 5.90. The van der Waals surface area contributed by atoms with Gasteiger partial charge >= 0.3 is 6.03 Å². The minimum atomic E-state index is -0.201. The van der Waals surface area contributed by atoms with E-state index in [1.165, 1.54) is 21.3 Å². The number of carbonyl (C=O) groups excluding carboxylic acids is 1. The monoisotopic (exact) mass is 396 g/mol. The Balaban J connectivity index is 1.67. The Hall–Kier alpha value is -3.60. The van der Waals surface area contributed by atoms with Crippen molar-refractivity contribution in [3.63, 3.8) is 0 Å². The van der Waals surface area contributed by atoms with Crippen LogP contribution in [0.4, 0.5) is 16.2 Å².